The fourth-order valence-electron chi connectivity index (χ4n) is 3.85. The summed E-state index contributed by atoms with van der Waals surface area (Å²) < 4.78 is 0. The molecule has 0 saturated heterocycles. The molecule has 178 valence electrons. The number of unbranched alkanes of at least 4 members (excludes halogenated alkanes) is 22. The van der Waals surface area contributed by atoms with Gasteiger partial charge in [-0.15, -0.1) is 11.6 Å². The molecule has 0 aliphatic carbocycles. The van der Waals surface area contributed by atoms with E-state index in [1.165, 1.54) is 154 Å². The van der Waals surface area contributed by atoms with Gasteiger partial charge in [0.2, 0.25) is 0 Å². The van der Waals surface area contributed by atoms with Crippen LogP contribution in [0.25, 0.3) is 0 Å². The number of hydrogen-bond acceptors (Lipinski definition) is 0. The van der Waals surface area contributed by atoms with Gasteiger partial charge in [0.05, 0.1) is 0 Å². The first-order valence-electron chi connectivity index (χ1n) is 13.9. The van der Waals surface area contributed by atoms with Gasteiger partial charge in [0.15, 0.2) is 0 Å². The first-order chi connectivity index (χ1) is 14.3. The Bertz CT molecular complexity index is 214. The number of rotatable bonds is 23. The molecule has 0 aliphatic rings. The Morgan fingerprint density at radius 2 is 0.448 bits per heavy atom. The van der Waals surface area contributed by atoms with Crippen LogP contribution >= 0.6 is 11.6 Å². The van der Waals surface area contributed by atoms with Gasteiger partial charge in [-0.25, -0.2) is 0 Å². The summed E-state index contributed by atoms with van der Waals surface area (Å²) in [5, 5.41) is 0. The van der Waals surface area contributed by atoms with E-state index in [0.717, 1.165) is 5.88 Å². The van der Waals surface area contributed by atoms with Crippen LogP contribution in [0.1, 0.15) is 175 Å². The lowest BCUT2D eigenvalue weighted by atomic mass is 10.0. The predicted octanol–water partition coefficient (Wildman–Crippen LogP) is 11.6. The smallest absolute Gasteiger partial charge is 0.0223 e. The standard InChI is InChI=1S/C23H48.C5H11Cl/c1-3-5-7-9-11-13-15-17-19-21-23-22-20-18-16-14-12-10-8-6-4-2;1-2-3-4-5-6/h3-23H2,1-2H3;2-5H2,1H3. The molecular formula is C28H59Cl. The van der Waals surface area contributed by atoms with Crippen molar-refractivity contribution in [1.82, 2.24) is 0 Å². The minimum atomic E-state index is 0.827. The van der Waals surface area contributed by atoms with Crippen molar-refractivity contribution in [1.29, 1.82) is 0 Å². The zero-order valence-electron chi connectivity index (χ0n) is 21.1. The molecule has 0 bridgehead atoms. The highest BCUT2D eigenvalue weighted by Gasteiger charge is 1.95. The van der Waals surface area contributed by atoms with Crippen molar-refractivity contribution in [3.8, 4) is 0 Å². The van der Waals surface area contributed by atoms with E-state index in [-0.39, 0.29) is 0 Å². The second kappa shape index (κ2) is 32.9. The molecule has 1 heteroatoms. The van der Waals surface area contributed by atoms with E-state index in [0.29, 0.717) is 0 Å². The summed E-state index contributed by atoms with van der Waals surface area (Å²) >= 11 is 5.38. The highest BCUT2D eigenvalue weighted by Crippen LogP contribution is 2.14. The Kier molecular flexibility index (Phi) is 35.8. The fourth-order valence-corrected chi connectivity index (χ4v) is 4.04. The molecule has 29 heavy (non-hydrogen) atoms. The highest BCUT2D eigenvalue weighted by molar-refractivity contribution is 6.17. The van der Waals surface area contributed by atoms with E-state index in [2.05, 4.69) is 20.8 Å². The summed E-state index contributed by atoms with van der Waals surface area (Å²) in [5.74, 6) is 0.827. The van der Waals surface area contributed by atoms with Crippen molar-refractivity contribution in [2.24, 2.45) is 0 Å². The molecule has 0 spiro atoms. The van der Waals surface area contributed by atoms with Gasteiger partial charge < -0.3 is 0 Å². The zero-order valence-corrected chi connectivity index (χ0v) is 21.8. The zero-order chi connectivity index (χ0) is 21.7. The Morgan fingerprint density at radius 1 is 0.276 bits per heavy atom. The average molecular weight is 431 g/mol. The maximum absolute atomic E-state index is 5.38. The Balaban J connectivity index is 0. The summed E-state index contributed by atoms with van der Waals surface area (Å²) in [5.41, 5.74) is 0. The largest absolute Gasteiger partial charge is 0.127 e. The maximum Gasteiger partial charge on any atom is 0.0223 e. The Labute approximate surface area is 192 Å². The van der Waals surface area contributed by atoms with Gasteiger partial charge >= 0.3 is 0 Å². The van der Waals surface area contributed by atoms with Crippen molar-refractivity contribution >= 4 is 11.6 Å². The van der Waals surface area contributed by atoms with E-state index < -0.39 is 0 Å². The summed E-state index contributed by atoms with van der Waals surface area (Å²) in [6, 6.07) is 0. The molecule has 0 nitrogen and oxygen atoms in total. The third-order valence-corrected chi connectivity index (χ3v) is 6.21. The topological polar surface area (TPSA) is 0 Å². The molecule has 0 aromatic carbocycles. The van der Waals surface area contributed by atoms with Gasteiger partial charge in [0.1, 0.15) is 0 Å². The summed E-state index contributed by atoms with van der Waals surface area (Å²) in [4.78, 5) is 0. The van der Waals surface area contributed by atoms with Crippen LogP contribution in [-0.4, -0.2) is 5.88 Å². The quantitative estimate of drug-likeness (QED) is 0.111. The average Bonchev–Trinajstić information content (AvgIpc) is 2.74. The second-order valence-electron chi connectivity index (χ2n) is 9.11. The van der Waals surface area contributed by atoms with Gasteiger partial charge in [-0.1, -0.05) is 168 Å². The molecular weight excluding hydrogens is 372 g/mol. The van der Waals surface area contributed by atoms with Crippen LogP contribution in [0.4, 0.5) is 0 Å². The summed E-state index contributed by atoms with van der Waals surface area (Å²) in [6.07, 6.45) is 34.6. The van der Waals surface area contributed by atoms with E-state index in [4.69, 9.17) is 11.6 Å². The normalized spacial score (nSPS) is 10.8. The lowest BCUT2D eigenvalue weighted by molar-refractivity contribution is 0.521. The van der Waals surface area contributed by atoms with Crippen molar-refractivity contribution in [2.75, 3.05) is 5.88 Å². The van der Waals surface area contributed by atoms with E-state index in [1.54, 1.807) is 0 Å². The first kappa shape index (κ1) is 31.5. The van der Waals surface area contributed by atoms with Gasteiger partial charge in [0.25, 0.3) is 0 Å². The Hall–Kier alpha value is 0.290. The van der Waals surface area contributed by atoms with Crippen molar-refractivity contribution in [3.63, 3.8) is 0 Å². The van der Waals surface area contributed by atoms with Crippen molar-refractivity contribution in [3.05, 3.63) is 0 Å². The summed E-state index contributed by atoms with van der Waals surface area (Å²) in [7, 11) is 0. The first-order valence-corrected chi connectivity index (χ1v) is 14.4. The van der Waals surface area contributed by atoms with Crippen LogP contribution < -0.4 is 0 Å². The third kappa shape index (κ3) is 36.0. The molecule has 0 atom stereocenters. The molecule has 0 radical (unpaired) electrons. The van der Waals surface area contributed by atoms with E-state index in [1.807, 2.05) is 0 Å². The van der Waals surface area contributed by atoms with Crippen LogP contribution in [0.2, 0.25) is 0 Å². The SMILES string of the molecule is CCCCCCCCCCCCCCCCCCCCCCC.CCCCCCl. The van der Waals surface area contributed by atoms with Crippen molar-refractivity contribution in [2.45, 2.75) is 175 Å². The lowest BCUT2D eigenvalue weighted by Gasteiger charge is -2.04. The molecule has 0 unspecified atom stereocenters. The monoisotopic (exact) mass is 430 g/mol. The molecule has 0 aromatic heterocycles. The molecule has 0 aromatic rings. The maximum atomic E-state index is 5.38. The van der Waals surface area contributed by atoms with Crippen LogP contribution in [0.5, 0.6) is 0 Å². The minimum absolute atomic E-state index is 0.827. The fraction of sp³-hybridized carbons (Fsp3) is 1.00. The molecule has 0 saturated carbocycles. The van der Waals surface area contributed by atoms with Gasteiger partial charge in [-0.2, -0.15) is 0 Å². The molecule has 0 fully saturated rings. The van der Waals surface area contributed by atoms with Gasteiger partial charge in [-0.3, -0.25) is 0 Å². The number of alkyl halides is 1. The minimum Gasteiger partial charge on any atom is -0.127 e. The second-order valence-corrected chi connectivity index (χ2v) is 9.49. The number of hydrogen-bond donors (Lipinski definition) is 0. The molecule has 0 aliphatic heterocycles. The van der Waals surface area contributed by atoms with E-state index >= 15 is 0 Å². The molecule has 0 amide bonds. The summed E-state index contributed by atoms with van der Waals surface area (Å²) in [6.45, 7) is 6.77. The lowest BCUT2D eigenvalue weighted by Crippen LogP contribution is -1.84. The van der Waals surface area contributed by atoms with Crippen LogP contribution in [0.3, 0.4) is 0 Å². The Morgan fingerprint density at radius 3 is 0.586 bits per heavy atom. The van der Waals surface area contributed by atoms with E-state index in [9.17, 15) is 0 Å². The van der Waals surface area contributed by atoms with Gasteiger partial charge in [0, 0.05) is 5.88 Å². The predicted molar refractivity (Wildman–Crippen MR) is 139 cm³/mol. The molecule has 0 N–H and O–H groups in total. The van der Waals surface area contributed by atoms with Crippen molar-refractivity contribution < 1.29 is 0 Å². The van der Waals surface area contributed by atoms with Crippen LogP contribution in [0, 0.1) is 0 Å². The van der Waals surface area contributed by atoms with Crippen LogP contribution in [-0.2, 0) is 0 Å². The third-order valence-electron chi connectivity index (χ3n) is 5.94. The van der Waals surface area contributed by atoms with Gasteiger partial charge in [-0.05, 0) is 6.42 Å². The van der Waals surface area contributed by atoms with Crippen LogP contribution in [0.15, 0.2) is 0 Å². The molecule has 0 rings (SSSR count). The number of halogens is 1. The highest BCUT2D eigenvalue weighted by atomic mass is 35.5. The molecule has 0 heterocycles.